The number of halogens is 1. The third kappa shape index (κ3) is 3.74. The van der Waals surface area contributed by atoms with E-state index in [1.165, 1.54) is 12.8 Å². The Morgan fingerprint density at radius 1 is 1.47 bits per heavy atom. The molecule has 2 N–H and O–H groups in total. The van der Waals surface area contributed by atoms with E-state index < -0.39 is 0 Å². The molecule has 0 saturated heterocycles. The fourth-order valence-corrected chi connectivity index (χ4v) is 1.92. The molecular formula is C12H23IN6. The Hall–Kier alpha value is -0.990. The minimum atomic E-state index is 0. The highest BCUT2D eigenvalue weighted by Crippen LogP contribution is 2.25. The van der Waals surface area contributed by atoms with Gasteiger partial charge < -0.3 is 20.1 Å². The third-order valence-electron chi connectivity index (χ3n) is 3.32. The van der Waals surface area contributed by atoms with E-state index >= 15 is 0 Å². The van der Waals surface area contributed by atoms with Gasteiger partial charge in [-0.25, -0.2) is 9.98 Å². The number of imidazole rings is 1. The molecule has 0 amide bonds. The maximum atomic E-state index is 5.96. The molecule has 0 spiro atoms. The maximum Gasteiger partial charge on any atom is 0.204 e. The molecule has 0 aliphatic heterocycles. The molecule has 1 aliphatic carbocycles. The Labute approximate surface area is 131 Å². The molecule has 1 aromatic rings. The van der Waals surface area contributed by atoms with Crippen molar-refractivity contribution in [3.05, 3.63) is 11.9 Å². The molecule has 1 aromatic heterocycles. The van der Waals surface area contributed by atoms with Crippen LogP contribution < -0.4 is 10.6 Å². The van der Waals surface area contributed by atoms with Gasteiger partial charge in [-0.05, 0) is 12.8 Å². The number of rotatable bonds is 4. The van der Waals surface area contributed by atoms with E-state index in [0.717, 1.165) is 11.6 Å². The van der Waals surface area contributed by atoms with Gasteiger partial charge in [-0.1, -0.05) is 0 Å². The van der Waals surface area contributed by atoms with Crippen LogP contribution in [0.25, 0.3) is 0 Å². The van der Waals surface area contributed by atoms with Crippen molar-refractivity contribution in [1.29, 1.82) is 0 Å². The lowest BCUT2D eigenvalue weighted by molar-refractivity contribution is 0.487. The minimum absolute atomic E-state index is 0. The monoisotopic (exact) mass is 378 g/mol. The maximum absolute atomic E-state index is 5.96. The summed E-state index contributed by atoms with van der Waals surface area (Å²) in [5.74, 6) is 1.54. The summed E-state index contributed by atoms with van der Waals surface area (Å²) in [5, 5.41) is 0. The average Bonchev–Trinajstić information content (AvgIpc) is 3.10. The number of hydrogen-bond acceptors (Lipinski definition) is 3. The SMILES string of the molecule is CN(C)c1ncc(CN=C(N)N(C)C2CC2)n1C.I. The average molecular weight is 378 g/mol. The molecule has 1 heterocycles. The summed E-state index contributed by atoms with van der Waals surface area (Å²) in [5.41, 5.74) is 7.02. The van der Waals surface area contributed by atoms with Crippen molar-refractivity contribution in [3.63, 3.8) is 0 Å². The summed E-state index contributed by atoms with van der Waals surface area (Å²) in [7, 11) is 7.95. The number of hydrogen-bond donors (Lipinski definition) is 1. The first-order valence-electron chi connectivity index (χ1n) is 6.21. The van der Waals surface area contributed by atoms with Crippen molar-refractivity contribution in [2.45, 2.75) is 25.4 Å². The zero-order valence-electron chi connectivity index (χ0n) is 12.0. The van der Waals surface area contributed by atoms with Crippen molar-refractivity contribution >= 4 is 35.9 Å². The Morgan fingerprint density at radius 3 is 2.58 bits per heavy atom. The number of anilines is 1. The standard InChI is InChI=1S/C12H22N6.HI/c1-16(2)12-15-8-10(18(12)4)7-14-11(13)17(3)9-5-6-9;/h8-9H,5-7H2,1-4H3,(H2,13,14);1H. The summed E-state index contributed by atoms with van der Waals surface area (Å²) in [6.45, 7) is 0.570. The fourth-order valence-electron chi connectivity index (χ4n) is 1.92. The van der Waals surface area contributed by atoms with Gasteiger partial charge in [0.15, 0.2) is 5.96 Å². The summed E-state index contributed by atoms with van der Waals surface area (Å²) in [6.07, 6.45) is 4.30. The zero-order valence-corrected chi connectivity index (χ0v) is 14.3. The Kier molecular flexibility index (Phi) is 5.45. The summed E-state index contributed by atoms with van der Waals surface area (Å²) in [6, 6.07) is 0.595. The van der Waals surface area contributed by atoms with Crippen molar-refractivity contribution in [3.8, 4) is 0 Å². The van der Waals surface area contributed by atoms with Gasteiger partial charge in [0.05, 0.1) is 18.4 Å². The van der Waals surface area contributed by atoms with E-state index in [9.17, 15) is 0 Å². The molecule has 0 aromatic carbocycles. The van der Waals surface area contributed by atoms with Gasteiger partial charge in [-0.3, -0.25) is 0 Å². The minimum Gasteiger partial charge on any atom is -0.370 e. The fraction of sp³-hybridized carbons (Fsp3) is 0.667. The Bertz CT molecular complexity index is 449. The smallest absolute Gasteiger partial charge is 0.204 e. The molecule has 2 rings (SSSR count). The van der Waals surface area contributed by atoms with Crippen LogP contribution in [0.15, 0.2) is 11.2 Å². The topological polar surface area (TPSA) is 62.7 Å². The van der Waals surface area contributed by atoms with Gasteiger partial charge >= 0.3 is 0 Å². The Balaban J connectivity index is 0.00000180. The van der Waals surface area contributed by atoms with E-state index in [1.54, 1.807) is 0 Å². The molecule has 0 bridgehead atoms. The molecule has 108 valence electrons. The molecule has 0 unspecified atom stereocenters. The lowest BCUT2D eigenvalue weighted by Crippen LogP contribution is -2.35. The van der Waals surface area contributed by atoms with Crippen molar-refractivity contribution in [2.24, 2.45) is 17.8 Å². The van der Waals surface area contributed by atoms with Crippen LogP contribution in [0, 0.1) is 0 Å². The second kappa shape index (κ2) is 6.44. The predicted molar refractivity (Wildman–Crippen MR) is 89.1 cm³/mol. The van der Waals surface area contributed by atoms with Crippen LogP contribution in [0.4, 0.5) is 5.95 Å². The summed E-state index contributed by atoms with van der Waals surface area (Å²) >= 11 is 0. The van der Waals surface area contributed by atoms with Crippen LogP contribution in [0.2, 0.25) is 0 Å². The van der Waals surface area contributed by atoms with Crippen molar-refractivity contribution < 1.29 is 0 Å². The van der Waals surface area contributed by atoms with Crippen molar-refractivity contribution in [1.82, 2.24) is 14.5 Å². The van der Waals surface area contributed by atoms with Gasteiger partial charge in [-0.15, -0.1) is 24.0 Å². The largest absolute Gasteiger partial charge is 0.370 e. The van der Waals surface area contributed by atoms with Crippen LogP contribution in [0.1, 0.15) is 18.5 Å². The van der Waals surface area contributed by atoms with Crippen LogP contribution in [-0.2, 0) is 13.6 Å². The van der Waals surface area contributed by atoms with E-state index in [0.29, 0.717) is 18.5 Å². The second-order valence-electron chi connectivity index (χ2n) is 5.02. The summed E-state index contributed by atoms with van der Waals surface area (Å²) in [4.78, 5) is 12.8. The highest BCUT2D eigenvalue weighted by Gasteiger charge is 2.27. The molecule has 0 radical (unpaired) electrons. The van der Waals surface area contributed by atoms with Crippen LogP contribution in [0.3, 0.4) is 0 Å². The molecule has 0 atom stereocenters. The van der Waals surface area contributed by atoms with Crippen molar-refractivity contribution in [2.75, 3.05) is 26.0 Å². The van der Waals surface area contributed by atoms with E-state index in [1.807, 2.05) is 43.9 Å². The molecule has 19 heavy (non-hydrogen) atoms. The van der Waals surface area contributed by atoms with Crippen LogP contribution >= 0.6 is 24.0 Å². The molecule has 1 aliphatic rings. The molecular weight excluding hydrogens is 355 g/mol. The third-order valence-corrected chi connectivity index (χ3v) is 3.32. The first-order chi connectivity index (χ1) is 8.50. The normalized spacial score (nSPS) is 15.1. The number of aromatic nitrogens is 2. The highest BCUT2D eigenvalue weighted by molar-refractivity contribution is 14.0. The van der Waals surface area contributed by atoms with Gasteiger partial charge in [0.25, 0.3) is 0 Å². The van der Waals surface area contributed by atoms with Crippen LogP contribution in [0.5, 0.6) is 0 Å². The molecule has 1 fully saturated rings. The molecule has 7 heteroatoms. The Morgan fingerprint density at radius 2 is 2.11 bits per heavy atom. The van der Waals surface area contributed by atoms with Gasteiger partial charge in [-0.2, -0.15) is 0 Å². The second-order valence-corrected chi connectivity index (χ2v) is 5.02. The van der Waals surface area contributed by atoms with Gasteiger partial charge in [0.1, 0.15) is 0 Å². The van der Waals surface area contributed by atoms with E-state index in [4.69, 9.17) is 5.73 Å². The van der Waals surface area contributed by atoms with Crippen LogP contribution in [-0.4, -0.2) is 47.6 Å². The molecule has 6 nitrogen and oxygen atoms in total. The van der Waals surface area contributed by atoms with Gasteiger partial charge in [0.2, 0.25) is 5.95 Å². The molecule has 1 saturated carbocycles. The predicted octanol–water partition coefficient (Wildman–Crippen LogP) is 1.01. The highest BCUT2D eigenvalue weighted by atomic mass is 127. The number of aliphatic imine (C=N–C) groups is 1. The van der Waals surface area contributed by atoms with Gasteiger partial charge in [0, 0.05) is 34.2 Å². The number of nitrogens with two attached hydrogens (primary N) is 1. The first kappa shape index (κ1) is 16.1. The van der Waals surface area contributed by atoms with E-state index in [2.05, 4.69) is 14.9 Å². The quantitative estimate of drug-likeness (QED) is 0.483. The first-order valence-corrected chi connectivity index (χ1v) is 6.21. The van der Waals surface area contributed by atoms with E-state index in [-0.39, 0.29) is 24.0 Å². The number of nitrogens with zero attached hydrogens (tertiary/aromatic N) is 5. The lowest BCUT2D eigenvalue weighted by atomic mass is 10.4. The summed E-state index contributed by atoms with van der Waals surface area (Å²) < 4.78 is 2.04. The lowest BCUT2D eigenvalue weighted by Gasteiger charge is -2.17. The zero-order chi connectivity index (χ0) is 13.3. The number of guanidine groups is 1.